The quantitative estimate of drug-likeness (QED) is 0.459. The van der Waals surface area contributed by atoms with Crippen molar-refractivity contribution in [2.24, 2.45) is 0 Å². The van der Waals surface area contributed by atoms with E-state index in [1.807, 2.05) is 42.5 Å². The molecule has 3 aromatic carbocycles. The Morgan fingerprint density at radius 2 is 1.52 bits per heavy atom. The zero-order valence-corrected chi connectivity index (χ0v) is 17.4. The van der Waals surface area contributed by atoms with E-state index in [1.54, 1.807) is 19.1 Å². The fourth-order valence-electron chi connectivity index (χ4n) is 2.98. The molecule has 1 heterocycles. The maximum absolute atomic E-state index is 12.5. The van der Waals surface area contributed by atoms with Crippen LogP contribution in [-0.4, -0.2) is 19.5 Å². The number of nitrogens with one attached hydrogen (secondary N) is 2. The highest BCUT2D eigenvalue weighted by Gasteiger charge is 2.16. The van der Waals surface area contributed by atoms with Crippen LogP contribution in [0, 0.1) is 6.92 Å². The normalized spacial score (nSPS) is 11.1. The van der Waals surface area contributed by atoms with Gasteiger partial charge < -0.3 is 9.84 Å². The van der Waals surface area contributed by atoms with Crippen LogP contribution in [0.2, 0.25) is 0 Å². The van der Waals surface area contributed by atoms with Crippen molar-refractivity contribution in [2.75, 3.05) is 10.0 Å². The molecule has 0 aliphatic heterocycles. The second-order valence-electron chi connectivity index (χ2n) is 6.85. The highest BCUT2D eigenvalue weighted by atomic mass is 32.2. The molecule has 4 rings (SSSR count). The zero-order valence-electron chi connectivity index (χ0n) is 16.6. The summed E-state index contributed by atoms with van der Waals surface area (Å²) in [6, 6.07) is 24.5. The molecule has 8 heteroatoms. The van der Waals surface area contributed by atoms with Crippen LogP contribution in [-0.2, 0) is 10.0 Å². The molecule has 0 aliphatic rings. The molecular formula is C23H19N3O4S. The van der Waals surface area contributed by atoms with E-state index in [0.717, 1.165) is 11.1 Å². The van der Waals surface area contributed by atoms with E-state index in [9.17, 15) is 13.2 Å². The minimum absolute atomic E-state index is 0.0402. The van der Waals surface area contributed by atoms with Gasteiger partial charge in [0, 0.05) is 17.3 Å². The Morgan fingerprint density at radius 3 is 2.13 bits per heavy atom. The third kappa shape index (κ3) is 4.81. The van der Waals surface area contributed by atoms with E-state index in [2.05, 4.69) is 15.2 Å². The second-order valence-corrected chi connectivity index (χ2v) is 8.53. The summed E-state index contributed by atoms with van der Waals surface area (Å²) in [6.07, 6.45) is 0. The number of anilines is 2. The predicted octanol–water partition coefficient (Wildman–Crippen LogP) is 4.70. The first-order chi connectivity index (χ1) is 14.9. The molecule has 1 amide bonds. The van der Waals surface area contributed by atoms with Crippen molar-refractivity contribution in [3.8, 4) is 11.1 Å². The van der Waals surface area contributed by atoms with E-state index < -0.39 is 10.0 Å². The standard InChI is InChI=1S/C23H19N3O4S/c1-16-15-22(25-30-16)26-31(28,29)21-13-11-20(12-14-21)24-23(27)19-9-7-18(8-10-19)17-5-3-2-4-6-17/h2-15H,1H3,(H,24,27)(H,25,26). The smallest absolute Gasteiger partial charge is 0.263 e. The minimum atomic E-state index is -3.81. The fraction of sp³-hybridized carbons (Fsp3) is 0.0435. The Morgan fingerprint density at radius 1 is 0.871 bits per heavy atom. The van der Waals surface area contributed by atoms with Gasteiger partial charge in [-0.15, -0.1) is 0 Å². The molecule has 0 saturated heterocycles. The lowest BCUT2D eigenvalue weighted by Gasteiger charge is -2.08. The Hall–Kier alpha value is -3.91. The zero-order chi connectivity index (χ0) is 21.8. The van der Waals surface area contributed by atoms with Gasteiger partial charge in [0.25, 0.3) is 15.9 Å². The van der Waals surface area contributed by atoms with Crippen molar-refractivity contribution in [3.05, 3.63) is 96.3 Å². The molecule has 0 radical (unpaired) electrons. The molecular weight excluding hydrogens is 414 g/mol. The van der Waals surface area contributed by atoms with Gasteiger partial charge in [0.2, 0.25) is 0 Å². The molecule has 156 valence electrons. The Labute approximate surface area is 179 Å². The largest absolute Gasteiger partial charge is 0.360 e. The average Bonchev–Trinajstić information content (AvgIpc) is 3.18. The summed E-state index contributed by atoms with van der Waals surface area (Å²) < 4.78 is 32.1. The lowest BCUT2D eigenvalue weighted by atomic mass is 10.0. The number of aromatic nitrogens is 1. The number of carbonyl (C=O) groups is 1. The van der Waals surface area contributed by atoms with Crippen LogP contribution >= 0.6 is 0 Å². The maximum Gasteiger partial charge on any atom is 0.263 e. The fourth-order valence-corrected chi connectivity index (χ4v) is 3.96. The Kier molecular flexibility index (Phi) is 5.55. The average molecular weight is 433 g/mol. The van der Waals surface area contributed by atoms with Crippen LogP contribution in [0.25, 0.3) is 11.1 Å². The van der Waals surface area contributed by atoms with Crippen molar-refractivity contribution in [1.29, 1.82) is 0 Å². The molecule has 0 atom stereocenters. The van der Waals surface area contributed by atoms with Crippen molar-refractivity contribution >= 4 is 27.4 Å². The van der Waals surface area contributed by atoms with Crippen molar-refractivity contribution in [1.82, 2.24) is 5.16 Å². The van der Waals surface area contributed by atoms with Crippen LogP contribution in [0.5, 0.6) is 0 Å². The van der Waals surface area contributed by atoms with Gasteiger partial charge in [-0.3, -0.25) is 9.52 Å². The molecule has 0 aliphatic carbocycles. The molecule has 0 bridgehead atoms. The Bertz CT molecular complexity index is 1300. The highest BCUT2D eigenvalue weighted by Crippen LogP contribution is 2.21. The van der Waals surface area contributed by atoms with Crippen LogP contribution in [0.4, 0.5) is 11.5 Å². The van der Waals surface area contributed by atoms with Gasteiger partial charge >= 0.3 is 0 Å². The predicted molar refractivity (Wildman–Crippen MR) is 118 cm³/mol. The SMILES string of the molecule is Cc1cc(NS(=O)(=O)c2ccc(NC(=O)c3ccc(-c4ccccc4)cc3)cc2)no1. The summed E-state index contributed by atoms with van der Waals surface area (Å²) >= 11 is 0. The summed E-state index contributed by atoms with van der Waals surface area (Å²) in [6.45, 7) is 1.66. The number of aryl methyl sites for hydroxylation is 1. The number of carbonyl (C=O) groups excluding carboxylic acids is 1. The molecule has 4 aromatic rings. The monoisotopic (exact) mass is 433 g/mol. The molecule has 7 nitrogen and oxygen atoms in total. The van der Waals surface area contributed by atoms with Crippen LogP contribution in [0.15, 0.2) is 94.3 Å². The first-order valence-corrected chi connectivity index (χ1v) is 10.9. The molecule has 1 aromatic heterocycles. The number of hydrogen-bond donors (Lipinski definition) is 2. The lowest BCUT2D eigenvalue weighted by Crippen LogP contribution is -2.14. The van der Waals surface area contributed by atoms with Crippen LogP contribution < -0.4 is 10.0 Å². The number of nitrogens with zero attached hydrogens (tertiary/aromatic N) is 1. The van der Waals surface area contributed by atoms with E-state index in [4.69, 9.17) is 4.52 Å². The summed E-state index contributed by atoms with van der Waals surface area (Å²) in [5.41, 5.74) is 3.06. The number of sulfonamides is 1. The van der Waals surface area contributed by atoms with E-state index in [0.29, 0.717) is 17.0 Å². The van der Waals surface area contributed by atoms with Crippen molar-refractivity contribution in [3.63, 3.8) is 0 Å². The molecule has 2 N–H and O–H groups in total. The molecule has 0 fully saturated rings. The molecule has 31 heavy (non-hydrogen) atoms. The van der Waals surface area contributed by atoms with Gasteiger partial charge in [-0.05, 0) is 54.4 Å². The Balaban J connectivity index is 1.43. The third-order valence-corrected chi connectivity index (χ3v) is 5.91. The first-order valence-electron chi connectivity index (χ1n) is 9.44. The van der Waals surface area contributed by atoms with Crippen molar-refractivity contribution in [2.45, 2.75) is 11.8 Å². The summed E-state index contributed by atoms with van der Waals surface area (Å²) in [4.78, 5) is 12.6. The number of hydrogen-bond acceptors (Lipinski definition) is 5. The highest BCUT2D eigenvalue weighted by molar-refractivity contribution is 7.92. The van der Waals surface area contributed by atoms with Gasteiger partial charge in [0.15, 0.2) is 5.82 Å². The van der Waals surface area contributed by atoms with Crippen LogP contribution in [0.1, 0.15) is 16.1 Å². The summed E-state index contributed by atoms with van der Waals surface area (Å²) in [5, 5.41) is 6.39. The second kappa shape index (κ2) is 8.45. The lowest BCUT2D eigenvalue weighted by molar-refractivity contribution is 0.102. The molecule has 0 unspecified atom stereocenters. The number of rotatable bonds is 6. The van der Waals surface area contributed by atoms with Gasteiger partial charge in [-0.1, -0.05) is 47.6 Å². The third-order valence-electron chi connectivity index (χ3n) is 4.54. The van der Waals surface area contributed by atoms with Crippen molar-refractivity contribution < 1.29 is 17.7 Å². The number of amides is 1. The molecule has 0 saturated carbocycles. The summed E-state index contributed by atoms with van der Waals surface area (Å²) in [5.74, 6) is 0.313. The first kappa shape index (κ1) is 20.4. The van der Waals surface area contributed by atoms with E-state index in [-0.39, 0.29) is 16.6 Å². The summed E-state index contributed by atoms with van der Waals surface area (Å²) in [7, 11) is -3.81. The van der Waals surface area contributed by atoms with Gasteiger partial charge in [-0.25, -0.2) is 8.42 Å². The topological polar surface area (TPSA) is 101 Å². The maximum atomic E-state index is 12.5. The van der Waals surface area contributed by atoms with Gasteiger partial charge in [0.1, 0.15) is 5.76 Å². The van der Waals surface area contributed by atoms with Gasteiger partial charge in [-0.2, -0.15) is 0 Å². The minimum Gasteiger partial charge on any atom is -0.360 e. The molecule has 0 spiro atoms. The van der Waals surface area contributed by atoms with Crippen LogP contribution in [0.3, 0.4) is 0 Å². The van der Waals surface area contributed by atoms with E-state index in [1.165, 1.54) is 30.3 Å². The van der Waals surface area contributed by atoms with E-state index >= 15 is 0 Å². The number of benzene rings is 3. The van der Waals surface area contributed by atoms with Gasteiger partial charge in [0.05, 0.1) is 4.90 Å².